The Labute approximate surface area is 236 Å². The second-order valence-corrected chi connectivity index (χ2v) is 10.3. The zero-order valence-electron chi connectivity index (χ0n) is 23.8. The molecule has 2 heteroatoms. The molecular formula is C37H44O2. The molecule has 0 bridgehead atoms. The van der Waals surface area contributed by atoms with E-state index in [1.165, 1.54) is 49.7 Å². The summed E-state index contributed by atoms with van der Waals surface area (Å²) in [5.74, 6) is 1.86. The molecule has 4 aromatic rings. The van der Waals surface area contributed by atoms with Gasteiger partial charge in [0.05, 0.1) is 18.6 Å². The summed E-state index contributed by atoms with van der Waals surface area (Å²) in [6, 6.07) is 38.8. The molecule has 0 N–H and O–H groups in total. The lowest BCUT2D eigenvalue weighted by atomic mass is 9.64. The number of rotatable bonds is 16. The fourth-order valence-corrected chi connectivity index (χ4v) is 5.54. The summed E-state index contributed by atoms with van der Waals surface area (Å²) in [7, 11) is 0. The van der Waals surface area contributed by atoms with Crippen LogP contribution in [0.15, 0.2) is 109 Å². The largest absolute Gasteiger partial charge is 0.493 e. The summed E-state index contributed by atoms with van der Waals surface area (Å²) in [6.07, 6.45) is 9.42. The fraction of sp³-hybridized carbons (Fsp3) is 0.351. The maximum absolute atomic E-state index is 6.58. The van der Waals surface area contributed by atoms with Crippen LogP contribution in [0.25, 0.3) is 0 Å². The lowest BCUT2D eigenvalue weighted by Crippen LogP contribution is -2.32. The Morgan fingerprint density at radius 3 is 1.23 bits per heavy atom. The highest BCUT2D eigenvalue weighted by Gasteiger charge is 2.42. The van der Waals surface area contributed by atoms with E-state index < -0.39 is 5.41 Å². The molecular weight excluding hydrogens is 476 g/mol. The van der Waals surface area contributed by atoms with Crippen LogP contribution in [0.1, 0.15) is 87.5 Å². The Kier molecular flexibility index (Phi) is 11.1. The van der Waals surface area contributed by atoms with Crippen molar-refractivity contribution in [3.8, 4) is 11.5 Å². The van der Waals surface area contributed by atoms with Crippen LogP contribution in [-0.4, -0.2) is 13.2 Å². The molecule has 0 fully saturated rings. The van der Waals surface area contributed by atoms with Crippen molar-refractivity contribution < 1.29 is 9.47 Å². The minimum atomic E-state index is -0.609. The number of ether oxygens (including phenoxy) is 2. The summed E-state index contributed by atoms with van der Waals surface area (Å²) >= 11 is 0. The summed E-state index contributed by atoms with van der Waals surface area (Å²) in [6.45, 7) is 5.92. The molecule has 0 unspecified atom stereocenters. The summed E-state index contributed by atoms with van der Waals surface area (Å²) in [5.41, 5.74) is 4.06. The van der Waals surface area contributed by atoms with Crippen molar-refractivity contribution in [3.63, 3.8) is 0 Å². The lowest BCUT2D eigenvalue weighted by molar-refractivity contribution is 0.294. The van der Waals surface area contributed by atoms with E-state index in [2.05, 4.69) is 123 Å². The number of para-hydroxylation sites is 2. The van der Waals surface area contributed by atoms with Crippen molar-refractivity contribution in [2.24, 2.45) is 0 Å². The molecule has 0 atom stereocenters. The van der Waals surface area contributed by atoms with Gasteiger partial charge in [0.1, 0.15) is 11.5 Å². The molecule has 4 aromatic carbocycles. The van der Waals surface area contributed by atoms with Crippen LogP contribution in [0.4, 0.5) is 0 Å². The molecule has 2 nitrogen and oxygen atoms in total. The third-order valence-electron chi connectivity index (χ3n) is 7.51. The molecule has 0 spiro atoms. The molecule has 0 saturated heterocycles. The third-order valence-corrected chi connectivity index (χ3v) is 7.51. The SMILES string of the molecule is CCCCCCOc1ccccc1C(c1ccccc1)(c1ccccc1)c1ccccc1OCCCCCC. The first-order chi connectivity index (χ1) is 19.3. The molecule has 4 rings (SSSR count). The normalized spacial score (nSPS) is 11.3. The van der Waals surface area contributed by atoms with Crippen molar-refractivity contribution in [3.05, 3.63) is 131 Å². The molecule has 0 saturated carbocycles. The van der Waals surface area contributed by atoms with Gasteiger partial charge >= 0.3 is 0 Å². The predicted molar refractivity (Wildman–Crippen MR) is 164 cm³/mol. The van der Waals surface area contributed by atoms with E-state index in [1.807, 2.05) is 0 Å². The van der Waals surface area contributed by atoms with Crippen molar-refractivity contribution in [1.29, 1.82) is 0 Å². The van der Waals surface area contributed by atoms with E-state index in [1.54, 1.807) is 0 Å². The Morgan fingerprint density at radius 1 is 0.436 bits per heavy atom. The lowest BCUT2D eigenvalue weighted by Gasteiger charge is -2.38. The Balaban J connectivity index is 1.89. The number of hydrogen-bond acceptors (Lipinski definition) is 2. The van der Waals surface area contributed by atoms with Crippen LogP contribution in [-0.2, 0) is 5.41 Å². The van der Waals surface area contributed by atoms with Crippen LogP contribution < -0.4 is 9.47 Å². The van der Waals surface area contributed by atoms with E-state index in [9.17, 15) is 0 Å². The molecule has 0 aliphatic carbocycles. The van der Waals surface area contributed by atoms with Gasteiger partial charge in [-0.2, -0.15) is 0 Å². The van der Waals surface area contributed by atoms with Crippen LogP contribution in [0.2, 0.25) is 0 Å². The van der Waals surface area contributed by atoms with Gasteiger partial charge in [-0.05, 0) is 36.1 Å². The molecule has 0 aliphatic heterocycles. The van der Waals surface area contributed by atoms with Gasteiger partial charge in [0, 0.05) is 11.1 Å². The number of unbranched alkanes of at least 4 members (excludes halogenated alkanes) is 6. The third kappa shape index (κ3) is 6.92. The first-order valence-corrected chi connectivity index (χ1v) is 14.9. The van der Waals surface area contributed by atoms with Crippen LogP contribution in [0.3, 0.4) is 0 Å². The van der Waals surface area contributed by atoms with Crippen molar-refractivity contribution in [2.75, 3.05) is 13.2 Å². The predicted octanol–water partition coefficient (Wildman–Crippen LogP) is 9.99. The Hall–Kier alpha value is -3.52. The highest BCUT2D eigenvalue weighted by atomic mass is 16.5. The van der Waals surface area contributed by atoms with Crippen LogP contribution in [0, 0.1) is 0 Å². The van der Waals surface area contributed by atoms with Gasteiger partial charge in [0.2, 0.25) is 0 Å². The fourth-order valence-electron chi connectivity index (χ4n) is 5.54. The monoisotopic (exact) mass is 520 g/mol. The van der Waals surface area contributed by atoms with Crippen molar-refractivity contribution in [2.45, 2.75) is 70.6 Å². The van der Waals surface area contributed by atoms with E-state index in [-0.39, 0.29) is 0 Å². The van der Waals surface area contributed by atoms with Gasteiger partial charge in [0.25, 0.3) is 0 Å². The topological polar surface area (TPSA) is 18.5 Å². The van der Waals surface area contributed by atoms with Gasteiger partial charge in [0.15, 0.2) is 0 Å². The Morgan fingerprint density at radius 2 is 0.821 bits per heavy atom. The van der Waals surface area contributed by atoms with Crippen LogP contribution >= 0.6 is 0 Å². The summed E-state index contributed by atoms with van der Waals surface area (Å²) in [5, 5.41) is 0. The molecule has 204 valence electrons. The maximum Gasteiger partial charge on any atom is 0.124 e. The quantitative estimate of drug-likeness (QED) is 0.108. The van der Waals surface area contributed by atoms with Gasteiger partial charge in [-0.15, -0.1) is 0 Å². The summed E-state index contributed by atoms with van der Waals surface area (Å²) in [4.78, 5) is 0. The molecule has 0 amide bonds. The van der Waals surface area contributed by atoms with Gasteiger partial charge in [-0.1, -0.05) is 149 Å². The highest BCUT2D eigenvalue weighted by molar-refractivity contribution is 5.65. The first-order valence-electron chi connectivity index (χ1n) is 14.9. The van der Waals surface area contributed by atoms with E-state index in [0.717, 1.165) is 35.5 Å². The Bertz CT molecular complexity index is 1130. The number of benzene rings is 4. The molecule has 0 heterocycles. The minimum absolute atomic E-state index is 0.609. The zero-order valence-corrected chi connectivity index (χ0v) is 23.8. The summed E-state index contributed by atoms with van der Waals surface area (Å²) < 4.78 is 13.2. The minimum Gasteiger partial charge on any atom is -0.493 e. The second kappa shape index (κ2) is 15.2. The second-order valence-electron chi connectivity index (χ2n) is 10.3. The van der Waals surface area contributed by atoms with Crippen LogP contribution in [0.5, 0.6) is 11.5 Å². The first kappa shape index (κ1) is 28.5. The molecule has 0 aliphatic rings. The average Bonchev–Trinajstić information content (AvgIpc) is 3.00. The molecule has 0 radical (unpaired) electrons. The number of hydrogen-bond donors (Lipinski definition) is 0. The van der Waals surface area contributed by atoms with Gasteiger partial charge < -0.3 is 9.47 Å². The molecule has 0 aromatic heterocycles. The van der Waals surface area contributed by atoms with E-state index >= 15 is 0 Å². The highest BCUT2D eigenvalue weighted by Crippen LogP contribution is 2.51. The average molecular weight is 521 g/mol. The van der Waals surface area contributed by atoms with E-state index in [4.69, 9.17) is 9.47 Å². The maximum atomic E-state index is 6.58. The standard InChI is InChI=1S/C37H44O2/c1-3-5-7-19-29-38-35-27-17-15-25-33(35)37(31-21-11-9-12-22-31,32-23-13-10-14-24-32)34-26-16-18-28-36(34)39-30-20-8-6-4-2/h9-18,21-28H,3-8,19-20,29-30H2,1-2H3. The van der Waals surface area contributed by atoms with Gasteiger partial charge in [-0.3, -0.25) is 0 Å². The van der Waals surface area contributed by atoms with Crippen molar-refractivity contribution in [1.82, 2.24) is 0 Å². The van der Waals surface area contributed by atoms with Crippen molar-refractivity contribution >= 4 is 0 Å². The zero-order chi connectivity index (χ0) is 27.2. The van der Waals surface area contributed by atoms with Gasteiger partial charge in [-0.25, -0.2) is 0 Å². The molecule has 39 heavy (non-hydrogen) atoms. The smallest absolute Gasteiger partial charge is 0.124 e. The van der Waals surface area contributed by atoms with E-state index in [0.29, 0.717) is 13.2 Å².